The van der Waals surface area contributed by atoms with E-state index in [1.807, 2.05) is 12.4 Å². The highest BCUT2D eigenvalue weighted by Gasteiger charge is 2.35. The van der Waals surface area contributed by atoms with E-state index in [2.05, 4.69) is 9.97 Å². The SMILES string of the molecule is O=C(c1ccc(Cl)cc1F)N1CC(c2ncc(C3CC3)cn2)C1. The summed E-state index contributed by atoms with van der Waals surface area (Å²) in [4.78, 5) is 22.7. The minimum Gasteiger partial charge on any atom is -0.337 e. The van der Waals surface area contributed by atoms with Gasteiger partial charge in [-0.1, -0.05) is 11.6 Å². The molecule has 0 radical (unpaired) electrons. The van der Waals surface area contributed by atoms with E-state index in [4.69, 9.17) is 11.6 Å². The van der Waals surface area contributed by atoms with Gasteiger partial charge in [0.2, 0.25) is 0 Å². The van der Waals surface area contributed by atoms with Crippen LogP contribution in [0.15, 0.2) is 30.6 Å². The molecule has 1 aromatic heterocycles. The quantitative estimate of drug-likeness (QED) is 0.866. The number of aromatic nitrogens is 2. The van der Waals surface area contributed by atoms with Gasteiger partial charge in [0.1, 0.15) is 11.6 Å². The van der Waals surface area contributed by atoms with Crippen LogP contribution < -0.4 is 0 Å². The molecule has 1 amide bonds. The van der Waals surface area contributed by atoms with Crippen molar-refractivity contribution in [1.29, 1.82) is 0 Å². The van der Waals surface area contributed by atoms with E-state index in [0.717, 1.165) is 11.9 Å². The molecule has 2 aromatic rings. The maximum atomic E-state index is 13.8. The third-order valence-corrected chi connectivity index (χ3v) is 4.67. The van der Waals surface area contributed by atoms with Gasteiger partial charge in [-0.2, -0.15) is 0 Å². The van der Waals surface area contributed by atoms with Crippen LogP contribution >= 0.6 is 11.6 Å². The van der Waals surface area contributed by atoms with E-state index >= 15 is 0 Å². The van der Waals surface area contributed by atoms with Crippen molar-refractivity contribution >= 4 is 17.5 Å². The molecule has 1 aliphatic heterocycles. The average Bonchev–Trinajstić information content (AvgIpc) is 3.31. The second-order valence-corrected chi connectivity index (χ2v) is 6.62. The number of halogens is 2. The van der Waals surface area contributed by atoms with Crippen LogP contribution in [0.1, 0.15) is 46.4 Å². The number of likely N-dealkylation sites (tertiary alicyclic amines) is 1. The molecule has 1 saturated heterocycles. The number of hydrogen-bond donors (Lipinski definition) is 0. The highest BCUT2D eigenvalue weighted by atomic mass is 35.5. The number of amides is 1. The van der Waals surface area contributed by atoms with Crippen LogP contribution in [0.5, 0.6) is 0 Å². The van der Waals surface area contributed by atoms with Gasteiger partial charge < -0.3 is 4.90 Å². The molecular formula is C17H15ClFN3O. The van der Waals surface area contributed by atoms with Crippen LogP contribution in [0.3, 0.4) is 0 Å². The summed E-state index contributed by atoms with van der Waals surface area (Å²) in [5.74, 6) is 0.620. The van der Waals surface area contributed by atoms with Crippen molar-refractivity contribution in [3.05, 3.63) is 58.4 Å². The Morgan fingerprint density at radius 3 is 2.48 bits per heavy atom. The third-order valence-electron chi connectivity index (χ3n) is 4.44. The predicted molar refractivity (Wildman–Crippen MR) is 84.1 cm³/mol. The highest BCUT2D eigenvalue weighted by Crippen LogP contribution is 2.39. The van der Waals surface area contributed by atoms with Gasteiger partial charge in [-0.3, -0.25) is 4.79 Å². The van der Waals surface area contributed by atoms with Crippen LogP contribution in [0.25, 0.3) is 0 Å². The summed E-state index contributed by atoms with van der Waals surface area (Å²) in [5.41, 5.74) is 1.25. The average molecular weight is 332 g/mol. The molecule has 2 aliphatic rings. The van der Waals surface area contributed by atoms with Crippen molar-refractivity contribution in [3.8, 4) is 0 Å². The number of rotatable bonds is 3. The van der Waals surface area contributed by atoms with Crippen molar-refractivity contribution in [2.24, 2.45) is 0 Å². The summed E-state index contributed by atoms with van der Waals surface area (Å²) in [7, 11) is 0. The van der Waals surface area contributed by atoms with Crippen molar-refractivity contribution < 1.29 is 9.18 Å². The lowest BCUT2D eigenvalue weighted by Gasteiger charge is -2.38. The Bertz CT molecular complexity index is 755. The zero-order chi connectivity index (χ0) is 16.0. The minimum absolute atomic E-state index is 0.0536. The summed E-state index contributed by atoms with van der Waals surface area (Å²) in [6.07, 6.45) is 6.23. The fourth-order valence-corrected chi connectivity index (χ4v) is 2.99. The first kappa shape index (κ1) is 14.6. The number of hydrogen-bond acceptors (Lipinski definition) is 3. The first-order chi connectivity index (χ1) is 11.1. The Kier molecular flexibility index (Phi) is 3.53. The Balaban J connectivity index is 1.41. The van der Waals surface area contributed by atoms with E-state index in [-0.39, 0.29) is 22.4 Å². The minimum atomic E-state index is -0.587. The van der Waals surface area contributed by atoms with Gasteiger partial charge in [0.25, 0.3) is 5.91 Å². The van der Waals surface area contributed by atoms with E-state index < -0.39 is 5.82 Å². The molecule has 1 aromatic carbocycles. The normalized spacial score (nSPS) is 17.9. The maximum Gasteiger partial charge on any atom is 0.256 e. The number of carbonyl (C=O) groups excluding carboxylic acids is 1. The molecule has 6 heteroatoms. The summed E-state index contributed by atoms with van der Waals surface area (Å²) < 4.78 is 13.8. The molecule has 4 rings (SSSR count). The van der Waals surface area contributed by atoms with Gasteiger partial charge >= 0.3 is 0 Å². The Hall–Kier alpha value is -2.01. The monoisotopic (exact) mass is 331 g/mol. The van der Waals surface area contributed by atoms with Crippen LogP contribution in [0, 0.1) is 5.82 Å². The molecule has 0 spiro atoms. The van der Waals surface area contributed by atoms with Crippen molar-refractivity contribution in [2.45, 2.75) is 24.7 Å². The van der Waals surface area contributed by atoms with E-state index in [1.54, 1.807) is 4.90 Å². The van der Waals surface area contributed by atoms with Gasteiger partial charge in [-0.15, -0.1) is 0 Å². The largest absolute Gasteiger partial charge is 0.337 e. The Labute approximate surface area is 138 Å². The van der Waals surface area contributed by atoms with Gasteiger partial charge in [0.05, 0.1) is 11.5 Å². The molecule has 4 nitrogen and oxygen atoms in total. The number of carbonyl (C=O) groups is 1. The second kappa shape index (κ2) is 5.57. The molecular weight excluding hydrogens is 317 g/mol. The maximum absolute atomic E-state index is 13.8. The van der Waals surface area contributed by atoms with Crippen LogP contribution in [0.2, 0.25) is 5.02 Å². The molecule has 1 aliphatic carbocycles. The van der Waals surface area contributed by atoms with Gasteiger partial charge in [0.15, 0.2) is 0 Å². The van der Waals surface area contributed by atoms with Crippen LogP contribution in [0.4, 0.5) is 4.39 Å². The lowest BCUT2D eigenvalue weighted by atomic mass is 9.97. The van der Waals surface area contributed by atoms with Gasteiger partial charge in [0, 0.05) is 30.5 Å². The van der Waals surface area contributed by atoms with E-state index in [9.17, 15) is 9.18 Å². The van der Waals surface area contributed by atoms with Crippen LogP contribution in [-0.2, 0) is 0 Å². The lowest BCUT2D eigenvalue weighted by molar-refractivity contribution is 0.0589. The number of nitrogens with zero attached hydrogens (tertiary/aromatic N) is 3. The lowest BCUT2D eigenvalue weighted by Crippen LogP contribution is -2.49. The second-order valence-electron chi connectivity index (χ2n) is 6.18. The fraction of sp³-hybridized carbons (Fsp3) is 0.353. The van der Waals surface area contributed by atoms with E-state index in [0.29, 0.717) is 19.0 Å². The van der Waals surface area contributed by atoms with E-state index in [1.165, 1.54) is 30.5 Å². The Morgan fingerprint density at radius 1 is 1.17 bits per heavy atom. The van der Waals surface area contributed by atoms with Gasteiger partial charge in [-0.05, 0) is 42.5 Å². The first-order valence-corrected chi connectivity index (χ1v) is 8.06. The predicted octanol–water partition coefficient (Wildman–Crippen LogP) is 3.39. The molecule has 2 fully saturated rings. The molecule has 23 heavy (non-hydrogen) atoms. The zero-order valence-corrected chi connectivity index (χ0v) is 13.1. The zero-order valence-electron chi connectivity index (χ0n) is 12.4. The summed E-state index contributed by atoms with van der Waals surface area (Å²) in [6.45, 7) is 1.04. The fourth-order valence-electron chi connectivity index (χ4n) is 2.83. The molecule has 0 N–H and O–H groups in total. The highest BCUT2D eigenvalue weighted by molar-refractivity contribution is 6.30. The summed E-state index contributed by atoms with van der Waals surface area (Å²) >= 11 is 5.71. The molecule has 0 bridgehead atoms. The topological polar surface area (TPSA) is 46.1 Å². The molecule has 118 valence electrons. The third kappa shape index (κ3) is 2.81. The molecule has 2 heterocycles. The number of benzene rings is 1. The summed E-state index contributed by atoms with van der Waals surface area (Å²) in [6, 6.07) is 4.11. The summed E-state index contributed by atoms with van der Waals surface area (Å²) in [5, 5.41) is 0.282. The molecule has 1 saturated carbocycles. The molecule has 0 atom stereocenters. The first-order valence-electron chi connectivity index (χ1n) is 7.68. The Morgan fingerprint density at radius 2 is 1.87 bits per heavy atom. The van der Waals surface area contributed by atoms with Crippen molar-refractivity contribution in [1.82, 2.24) is 14.9 Å². The van der Waals surface area contributed by atoms with Crippen LogP contribution in [-0.4, -0.2) is 33.9 Å². The van der Waals surface area contributed by atoms with Crippen molar-refractivity contribution in [3.63, 3.8) is 0 Å². The smallest absolute Gasteiger partial charge is 0.256 e. The standard InChI is InChI=1S/C17H15ClFN3O/c18-13-3-4-14(15(19)5-13)17(23)22-8-12(9-22)16-20-6-11(7-21-16)10-1-2-10/h3-7,10,12H,1-2,8-9H2. The van der Waals surface area contributed by atoms with Gasteiger partial charge in [-0.25, -0.2) is 14.4 Å². The molecule has 0 unspecified atom stereocenters. The van der Waals surface area contributed by atoms with Crippen molar-refractivity contribution in [2.75, 3.05) is 13.1 Å².